The Morgan fingerprint density at radius 2 is 1.88 bits per heavy atom. The molecule has 0 bridgehead atoms. The molecule has 0 heterocycles. The van der Waals surface area contributed by atoms with Crippen LogP contribution in [-0.2, 0) is 16.0 Å². The van der Waals surface area contributed by atoms with Gasteiger partial charge in [-0.05, 0) is 23.3 Å². The zero-order chi connectivity index (χ0) is 18.4. The van der Waals surface area contributed by atoms with E-state index in [2.05, 4.69) is 5.32 Å². The van der Waals surface area contributed by atoms with Gasteiger partial charge in [-0.2, -0.15) is 0 Å². The van der Waals surface area contributed by atoms with Crippen molar-refractivity contribution in [1.29, 1.82) is 0 Å². The summed E-state index contributed by atoms with van der Waals surface area (Å²) in [5.41, 5.74) is 1.00. The smallest absolute Gasteiger partial charge is 0.326 e. The van der Waals surface area contributed by atoms with Crippen LogP contribution >= 0.6 is 11.6 Å². The molecular weight excluding hydrogens is 346 g/mol. The first-order chi connectivity index (χ1) is 11.9. The molecule has 0 aromatic heterocycles. The first-order valence-corrected chi connectivity index (χ1v) is 7.88. The Bertz CT molecular complexity index is 750. The number of rotatable bonds is 7. The van der Waals surface area contributed by atoms with Gasteiger partial charge in [-0.1, -0.05) is 48.0 Å². The summed E-state index contributed by atoms with van der Waals surface area (Å²) in [6.07, 6.45) is -1.42. The van der Waals surface area contributed by atoms with Crippen molar-refractivity contribution in [2.45, 2.75) is 18.6 Å². The number of ether oxygens (including phenoxy) is 1. The van der Waals surface area contributed by atoms with Gasteiger partial charge in [0.25, 0.3) is 5.91 Å². The quantitative estimate of drug-likeness (QED) is 0.700. The van der Waals surface area contributed by atoms with Crippen LogP contribution in [0, 0.1) is 0 Å². The fraction of sp³-hybridized carbons (Fsp3) is 0.222. The van der Waals surface area contributed by atoms with Crippen LogP contribution in [0.15, 0.2) is 48.5 Å². The number of carboxylic acids is 1. The summed E-state index contributed by atoms with van der Waals surface area (Å²) in [7, 11) is 1.48. The minimum absolute atomic E-state index is 0.0201. The molecule has 0 radical (unpaired) electrons. The molecule has 1 amide bonds. The SMILES string of the molecule is COc1ccc(C[C@H](NC(=O)[C@@H](O)c2ccccc2)C(=O)O)cc1Cl. The lowest BCUT2D eigenvalue weighted by Crippen LogP contribution is -2.44. The van der Waals surface area contributed by atoms with Crippen molar-refractivity contribution in [2.75, 3.05) is 7.11 Å². The number of hydrogen-bond donors (Lipinski definition) is 3. The van der Waals surface area contributed by atoms with Gasteiger partial charge in [-0.25, -0.2) is 4.79 Å². The number of aliphatic carboxylic acids is 1. The van der Waals surface area contributed by atoms with Gasteiger partial charge in [-0.3, -0.25) is 4.79 Å². The maximum Gasteiger partial charge on any atom is 0.326 e. The molecule has 0 fully saturated rings. The number of halogens is 1. The first kappa shape index (κ1) is 18.8. The molecule has 0 unspecified atom stereocenters. The van der Waals surface area contributed by atoms with Crippen LogP contribution in [0.3, 0.4) is 0 Å². The Balaban J connectivity index is 2.09. The van der Waals surface area contributed by atoms with Crippen LogP contribution in [0.25, 0.3) is 0 Å². The number of amides is 1. The molecule has 2 atom stereocenters. The highest BCUT2D eigenvalue weighted by Gasteiger charge is 2.25. The Morgan fingerprint density at radius 3 is 2.44 bits per heavy atom. The number of hydrogen-bond acceptors (Lipinski definition) is 4. The number of aliphatic hydroxyl groups is 1. The molecule has 0 saturated carbocycles. The van der Waals surface area contributed by atoms with Gasteiger partial charge in [0.1, 0.15) is 11.8 Å². The van der Waals surface area contributed by atoms with Gasteiger partial charge in [0.2, 0.25) is 0 Å². The lowest BCUT2D eigenvalue weighted by Gasteiger charge is -2.18. The van der Waals surface area contributed by atoms with Crippen LogP contribution in [0.1, 0.15) is 17.2 Å². The minimum Gasteiger partial charge on any atom is -0.495 e. The van der Waals surface area contributed by atoms with E-state index < -0.39 is 24.0 Å². The number of aliphatic hydroxyl groups excluding tert-OH is 1. The van der Waals surface area contributed by atoms with Crippen molar-refractivity contribution in [3.8, 4) is 5.75 Å². The lowest BCUT2D eigenvalue weighted by molar-refractivity contribution is -0.143. The zero-order valence-electron chi connectivity index (χ0n) is 13.5. The maximum atomic E-state index is 12.1. The topological polar surface area (TPSA) is 95.9 Å². The summed E-state index contributed by atoms with van der Waals surface area (Å²) in [5.74, 6) is -1.51. The summed E-state index contributed by atoms with van der Waals surface area (Å²) in [6.45, 7) is 0. The molecule has 0 aliphatic heterocycles. The summed E-state index contributed by atoms with van der Waals surface area (Å²) < 4.78 is 5.05. The normalized spacial score (nSPS) is 12.9. The average Bonchev–Trinajstić information content (AvgIpc) is 2.61. The van der Waals surface area contributed by atoms with Gasteiger partial charge < -0.3 is 20.3 Å². The predicted octanol–water partition coefficient (Wildman–Crippen LogP) is 2.19. The van der Waals surface area contributed by atoms with E-state index in [1.807, 2.05) is 0 Å². The highest BCUT2D eigenvalue weighted by Crippen LogP contribution is 2.25. The van der Waals surface area contributed by atoms with E-state index in [1.165, 1.54) is 7.11 Å². The molecule has 0 spiro atoms. The minimum atomic E-state index is -1.44. The number of methoxy groups -OCH3 is 1. The Kier molecular flexibility index (Phi) is 6.38. The molecule has 2 rings (SSSR count). The third kappa shape index (κ3) is 4.95. The molecular formula is C18H18ClNO5. The summed E-state index contributed by atoms with van der Waals surface area (Å²) in [5, 5.41) is 22.1. The molecule has 2 aromatic carbocycles. The van der Waals surface area contributed by atoms with Crippen molar-refractivity contribution in [3.63, 3.8) is 0 Å². The Morgan fingerprint density at radius 1 is 1.20 bits per heavy atom. The summed E-state index contributed by atoms with van der Waals surface area (Å²) >= 11 is 6.03. The Labute approximate surface area is 150 Å². The average molecular weight is 364 g/mol. The van der Waals surface area contributed by atoms with E-state index >= 15 is 0 Å². The molecule has 0 aliphatic carbocycles. The third-order valence-corrected chi connectivity index (χ3v) is 3.93. The summed E-state index contributed by atoms with van der Waals surface area (Å²) in [6, 6.07) is 12.0. The number of carbonyl (C=O) groups is 2. The largest absolute Gasteiger partial charge is 0.495 e. The number of benzene rings is 2. The molecule has 25 heavy (non-hydrogen) atoms. The van der Waals surface area contributed by atoms with E-state index in [1.54, 1.807) is 48.5 Å². The Hall–Kier alpha value is -2.57. The van der Waals surface area contributed by atoms with Crippen LogP contribution in [-0.4, -0.2) is 35.2 Å². The van der Waals surface area contributed by atoms with Gasteiger partial charge in [-0.15, -0.1) is 0 Å². The van der Waals surface area contributed by atoms with Crippen molar-refractivity contribution in [1.82, 2.24) is 5.32 Å². The second-order valence-corrected chi connectivity index (χ2v) is 5.79. The van der Waals surface area contributed by atoms with E-state index in [9.17, 15) is 19.8 Å². The molecule has 7 heteroatoms. The van der Waals surface area contributed by atoms with Crippen LogP contribution in [0.2, 0.25) is 5.02 Å². The standard InChI is InChI=1S/C18H18ClNO5/c1-25-15-8-7-11(9-13(15)19)10-14(18(23)24)20-17(22)16(21)12-5-3-2-4-6-12/h2-9,14,16,21H,10H2,1H3,(H,20,22)(H,23,24)/t14-,16-/m0/s1. The highest BCUT2D eigenvalue weighted by atomic mass is 35.5. The van der Waals surface area contributed by atoms with E-state index in [-0.39, 0.29) is 6.42 Å². The molecule has 132 valence electrons. The summed E-state index contributed by atoms with van der Waals surface area (Å²) in [4.78, 5) is 23.6. The van der Waals surface area contributed by atoms with Crippen molar-refractivity contribution < 1.29 is 24.5 Å². The fourth-order valence-corrected chi connectivity index (χ4v) is 2.59. The van der Waals surface area contributed by atoms with Crippen LogP contribution < -0.4 is 10.1 Å². The molecule has 3 N–H and O–H groups in total. The highest BCUT2D eigenvalue weighted by molar-refractivity contribution is 6.32. The monoisotopic (exact) mass is 363 g/mol. The van der Waals surface area contributed by atoms with E-state index in [4.69, 9.17) is 16.3 Å². The van der Waals surface area contributed by atoms with Gasteiger partial charge >= 0.3 is 5.97 Å². The lowest BCUT2D eigenvalue weighted by atomic mass is 10.0. The molecule has 2 aromatic rings. The van der Waals surface area contributed by atoms with E-state index in [0.717, 1.165) is 0 Å². The van der Waals surface area contributed by atoms with Crippen molar-refractivity contribution in [2.24, 2.45) is 0 Å². The number of carboxylic acid groups (broad SMARTS) is 1. The third-order valence-electron chi connectivity index (χ3n) is 3.63. The van der Waals surface area contributed by atoms with Crippen molar-refractivity contribution >= 4 is 23.5 Å². The zero-order valence-corrected chi connectivity index (χ0v) is 14.2. The maximum absolute atomic E-state index is 12.1. The fourth-order valence-electron chi connectivity index (χ4n) is 2.31. The van der Waals surface area contributed by atoms with Gasteiger partial charge in [0.15, 0.2) is 6.10 Å². The predicted molar refractivity (Wildman–Crippen MR) is 92.7 cm³/mol. The molecule has 0 saturated heterocycles. The van der Waals surface area contributed by atoms with Crippen molar-refractivity contribution in [3.05, 3.63) is 64.7 Å². The first-order valence-electron chi connectivity index (χ1n) is 7.51. The second kappa shape index (κ2) is 8.50. The van der Waals surface area contributed by atoms with Crippen LogP contribution in [0.5, 0.6) is 5.75 Å². The van der Waals surface area contributed by atoms with Gasteiger partial charge in [0, 0.05) is 6.42 Å². The number of nitrogens with one attached hydrogen (secondary N) is 1. The van der Waals surface area contributed by atoms with Crippen LogP contribution in [0.4, 0.5) is 0 Å². The van der Waals surface area contributed by atoms with Gasteiger partial charge in [0.05, 0.1) is 12.1 Å². The molecule has 6 nitrogen and oxygen atoms in total. The molecule has 0 aliphatic rings. The number of carbonyl (C=O) groups excluding carboxylic acids is 1. The second-order valence-electron chi connectivity index (χ2n) is 5.39. The van der Waals surface area contributed by atoms with E-state index in [0.29, 0.717) is 21.9 Å².